The van der Waals surface area contributed by atoms with E-state index in [1.54, 1.807) is 0 Å². The number of nitriles is 1. The number of hydrogen-bond donors (Lipinski definition) is 1. The van der Waals surface area contributed by atoms with Crippen LogP contribution >= 0.6 is 0 Å². The van der Waals surface area contributed by atoms with Gasteiger partial charge >= 0.3 is 0 Å². The number of nitrogens with one attached hydrogen (secondary N) is 1. The van der Waals surface area contributed by atoms with Crippen molar-refractivity contribution in [1.29, 1.82) is 5.26 Å². The summed E-state index contributed by atoms with van der Waals surface area (Å²) in [4.78, 5) is 11.8. The largest absolute Gasteiger partial charge is 0.383 e. The lowest BCUT2D eigenvalue weighted by atomic mass is 9.94. The third kappa shape index (κ3) is 3.61. The number of nitrogens with zero attached hydrogens (tertiary/aromatic N) is 2. The first-order chi connectivity index (χ1) is 14.4. The zero-order valence-corrected chi connectivity index (χ0v) is 18.2. The standard InChI is InChI=1S/C26H29N3O/c1-16(2)28-25-7-5-6-22(18(25)4)24-15-29(20-8-10-21(30)11-9-20)26-12-17(3)19(14-27)13-23(24)26/h5-7,12-13,15-16,20,28H,8-11H2,1-4H3. The molecule has 0 spiro atoms. The lowest BCUT2D eigenvalue weighted by Crippen LogP contribution is -2.17. The Hall–Kier alpha value is -3.06. The van der Waals surface area contributed by atoms with Crippen LogP contribution < -0.4 is 5.32 Å². The van der Waals surface area contributed by atoms with Crippen LogP contribution in [0.1, 0.15) is 62.3 Å². The summed E-state index contributed by atoms with van der Waals surface area (Å²) in [5.74, 6) is 0.370. The Kier molecular flexibility index (Phi) is 5.39. The summed E-state index contributed by atoms with van der Waals surface area (Å²) in [7, 11) is 0. The number of Topliss-reactive ketones (excluding diaryl/α,β-unsaturated/α-hetero) is 1. The van der Waals surface area contributed by atoms with E-state index in [0.29, 0.717) is 30.7 Å². The van der Waals surface area contributed by atoms with Crippen molar-refractivity contribution in [2.75, 3.05) is 5.32 Å². The van der Waals surface area contributed by atoms with Gasteiger partial charge in [-0.05, 0) is 75.4 Å². The Balaban J connectivity index is 1.92. The van der Waals surface area contributed by atoms with E-state index in [1.165, 1.54) is 11.1 Å². The number of ketones is 1. The molecule has 4 rings (SSSR count). The number of benzene rings is 2. The fraction of sp³-hybridized carbons (Fsp3) is 0.385. The van der Waals surface area contributed by atoms with Crippen LogP contribution in [0.15, 0.2) is 36.5 Å². The Bertz CT molecular complexity index is 1150. The van der Waals surface area contributed by atoms with Crippen molar-refractivity contribution in [3.05, 3.63) is 53.2 Å². The molecule has 0 radical (unpaired) electrons. The summed E-state index contributed by atoms with van der Waals surface area (Å²) in [5.41, 5.74) is 7.56. The van der Waals surface area contributed by atoms with Crippen LogP contribution in [0, 0.1) is 25.2 Å². The van der Waals surface area contributed by atoms with Crippen LogP contribution in [0.5, 0.6) is 0 Å². The molecule has 1 saturated carbocycles. The molecule has 3 aromatic rings. The molecule has 0 amide bonds. The van der Waals surface area contributed by atoms with Crippen molar-refractivity contribution < 1.29 is 4.79 Å². The van der Waals surface area contributed by atoms with E-state index in [1.807, 2.05) is 13.0 Å². The molecule has 0 atom stereocenters. The van der Waals surface area contributed by atoms with E-state index in [2.05, 4.69) is 67.2 Å². The number of aryl methyl sites for hydroxylation is 1. The average Bonchev–Trinajstić information content (AvgIpc) is 3.07. The van der Waals surface area contributed by atoms with Gasteiger partial charge in [-0.3, -0.25) is 4.79 Å². The number of carbonyl (C=O) groups is 1. The van der Waals surface area contributed by atoms with E-state index < -0.39 is 0 Å². The lowest BCUT2D eigenvalue weighted by Gasteiger charge is -2.23. The fourth-order valence-corrected chi connectivity index (χ4v) is 4.63. The van der Waals surface area contributed by atoms with Crippen LogP contribution in [-0.2, 0) is 4.79 Å². The van der Waals surface area contributed by atoms with E-state index >= 15 is 0 Å². The van der Waals surface area contributed by atoms with Gasteiger partial charge in [0.25, 0.3) is 0 Å². The maximum Gasteiger partial charge on any atom is 0.133 e. The average molecular weight is 400 g/mol. The number of anilines is 1. The molecule has 1 heterocycles. The molecular formula is C26H29N3O. The second-order valence-corrected chi connectivity index (χ2v) is 8.79. The number of rotatable bonds is 4. The van der Waals surface area contributed by atoms with Gasteiger partial charge in [0.05, 0.1) is 11.6 Å². The normalized spacial score (nSPS) is 15.0. The highest BCUT2D eigenvalue weighted by atomic mass is 16.1. The van der Waals surface area contributed by atoms with E-state index in [4.69, 9.17) is 0 Å². The van der Waals surface area contributed by atoms with Gasteiger partial charge in [-0.1, -0.05) is 12.1 Å². The Morgan fingerprint density at radius 1 is 1.13 bits per heavy atom. The number of carbonyl (C=O) groups excluding carboxylic acids is 1. The van der Waals surface area contributed by atoms with Crippen molar-refractivity contribution in [3.63, 3.8) is 0 Å². The summed E-state index contributed by atoms with van der Waals surface area (Å²) in [5, 5.41) is 14.3. The van der Waals surface area contributed by atoms with Crippen LogP contribution in [0.4, 0.5) is 5.69 Å². The van der Waals surface area contributed by atoms with Gasteiger partial charge in [0.2, 0.25) is 0 Å². The molecule has 4 nitrogen and oxygen atoms in total. The third-order valence-electron chi connectivity index (χ3n) is 6.27. The maximum absolute atomic E-state index is 11.8. The van der Waals surface area contributed by atoms with Crippen LogP contribution in [0.2, 0.25) is 0 Å². The van der Waals surface area contributed by atoms with Crippen LogP contribution in [0.3, 0.4) is 0 Å². The molecule has 0 aliphatic heterocycles. The first-order valence-corrected chi connectivity index (χ1v) is 10.8. The molecule has 1 aliphatic carbocycles. The van der Waals surface area contributed by atoms with E-state index in [9.17, 15) is 10.1 Å². The summed E-state index contributed by atoms with van der Waals surface area (Å²) in [6, 6.07) is 13.6. The summed E-state index contributed by atoms with van der Waals surface area (Å²) in [6.45, 7) is 8.44. The zero-order valence-electron chi connectivity index (χ0n) is 18.2. The minimum absolute atomic E-state index is 0.323. The molecule has 4 heteroatoms. The highest BCUT2D eigenvalue weighted by Gasteiger charge is 2.24. The third-order valence-corrected chi connectivity index (χ3v) is 6.27. The quantitative estimate of drug-likeness (QED) is 0.560. The topological polar surface area (TPSA) is 57.8 Å². The van der Waals surface area contributed by atoms with Gasteiger partial charge in [-0.15, -0.1) is 0 Å². The number of hydrogen-bond acceptors (Lipinski definition) is 3. The van der Waals surface area contributed by atoms with Gasteiger partial charge in [-0.25, -0.2) is 0 Å². The van der Waals surface area contributed by atoms with Gasteiger partial charge in [0.1, 0.15) is 5.78 Å². The van der Waals surface area contributed by atoms with Crippen molar-refractivity contribution in [2.45, 2.75) is 65.5 Å². The Labute approximate surface area is 178 Å². The smallest absolute Gasteiger partial charge is 0.133 e. The molecule has 2 aromatic carbocycles. The van der Waals surface area contributed by atoms with E-state index in [-0.39, 0.29) is 0 Å². The van der Waals surface area contributed by atoms with Crippen LogP contribution in [0.25, 0.3) is 22.0 Å². The van der Waals surface area contributed by atoms with Gasteiger partial charge in [0, 0.05) is 53.3 Å². The maximum atomic E-state index is 11.8. The molecule has 154 valence electrons. The molecule has 1 aliphatic rings. The Morgan fingerprint density at radius 2 is 1.87 bits per heavy atom. The number of fused-ring (bicyclic) bond motifs is 1. The highest BCUT2D eigenvalue weighted by Crippen LogP contribution is 2.40. The molecule has 1 fully saturated rings. The second kappa shape index (κ2) is 7.99. The fourth-order valence-electron chi connectivity index (χ4n) is 4.63. The van der Waals surface area contributed by atoms with Crippen molar-refractivity contribution in [1.82, 2.24) is 4.57 Å². The monoisotopic (exact) mass is 399 g/mol. The van der Waals surface area contributed by atoms with Gasteiger partial charge < -0.3 is 9.88 Å². The minimum atomic E-state index is 0.323. The molecule has 0 bridgehead atoms. The molecule has 1 N–H and O–H groups in total. The molecule has 1 aromatic heterocycles. The predicted molar refractivity (Wildman–Crippen MR) is 123 cm³/mol. The van der Waals surface area contributed by atoms with Crippen LogP contribution in [-0.4, -0.2) is 16.4 Å². The first-order valence-electron chi connectivity index (χ1n) is 10.8. The van der Waals surface area contributed by atoms with Crippen molar-refractivity contribution in [3.8, 4) is 17.2 Å². The van der Waals surface area contributed by atoms with Crippen molar-refractivity contribution >= 4 is 22.4 Å². The molecular weight excluding hydrogens is 370 g/mol. The molecule has 30 heavy (non-hydrogen) atoms. The first kappa shape index (κ1) is 20.2. The number of aromatic nitrogens is 1. The summed E-state index contributed by atoms with van der Waals surface area (Å²) < 4.78 is 2.35. The second-order valence-electron chi connectivity index (χ2n) is 8.79. The molecule has 0 unspecified atom stereocenters. The predicted octanol–water partition coefficient (Wildman–Crippen LogP) is 6.30. The zero-order chi connectivity index (χ0) is 21.4. The van der Waals surface area contributed by atoms with Gasteiger partial charge in [-0.2, -0.15) is 5.26 Å². The lowest BCUT2D eigenvalue weighted by molar-refractivity contribution is -0.120. The minimum Gasteiger partial charge on any atom is -0.383 e. The summed E-state index contributed by atoms with van der Waals surface area (Å²) in [6.07, 6.45) is 5.32. The van der Waals surface area contributed by atoms with E-state index in [0.717, 1.165) is 46.1 Å². The van der Waals surface area contributed by atoms with Crippen molar-refractivity contribution in [2.24, 2.45) is 0 Å². The Morgan fingerprint density at radius 3 is 2.53 bits per heavy atom. The van der Waals surface area contributed by atoms with Gasteiger partial charge in [0.15, 0.2) is 0 Å². The summed E-state index contributed by atoms with van der Waals surface area (Å²) >= 11 is 0. The SMILES string of the molecule is Cc1cc2c(cc1C#N)c(-c1cccc(NC(C)C)c1C)cn2C1CCC(=O)CC1. The highest BCUT2D eigenvalue weighted by molar-refractivity contribution is 5.99. The molecule has 0 saturated heterocycles.